The summed E-state index contributed by atoms with van der Waals surface area (Å²) >= 11 is 3.41. The van der Waals surface area contributed by atoms with Crippen LogP contribution < -0.4 is 5.32 Å². The largest absolute Gasteiger partial charge is 0.351 e. The Morgan fingerprint density at radius 1 is 0.828 bits per heavy atom. The summed E-state index contributed by atoms with van der Waals surface area (Å²) in [6.07, 6.45) is 23.7. The summed E-state index contributed by atoms with van der Waals surface area (Å²) in [6, 6.07) is 0. The fourth-order valence-electron chi connectivity index (χ4n) is 3.67. The Kier molecular flexibility index (Phi) is 16.2. The van der Waals surface area contributed by atoms with E-state index < -0.39 is 0 Å². The first-order chi connectivity index (χ1) is 14.2. The first kappa shape index (κ1) is 26.2. The van der Waals surface area contributed by atoms with Gasteiger partial charge in [0.2, 0.25) is 0 Å². The molecule has 0 bridgehead atoms. The molecule has 1 aromatic heterocycles. The number of unbranched alkanes of at least 4 members (excludes halogenated alkanes) is 15. The van der Waals surface area contributed by atoms with Crippen LogP contribution >= 0.6 is 15.9 Å². The minimum atomic E-state index is -0.0787. The number of halogens is 1. The van der Waals surface area contributed by atoms with E-state index in [9.17, 15) is 4.79 Å². The normalized spacial score (nSPS) is 11.1. The van der Waals surface area contributed by atoms with Crippen molar-refractivity contribution < 1.29 is 4.79 Å². The van der Waals surface area contributed by atoms with E-state index in [0.717, 1.165) is 24.0 Å². The average molecular weight is 471 g/mol. The molecule has 1 amide bonds. The third-order valence-corrected chi connectivity index (χ3v) is 6.15. The van der Waals surface area contributed by atoms with Crippen LogP contribution in [0.3, 0.4) is 0 Å². The van der Waals surface area contributed by atoms with Crippen molar-refractivity contribution in [2.45, 2.75) is 123 Å². The van der Waals surface area contributed by atoms with Gasteiger partial charge in [-0.15, -0.1) is 0 Å². The molecule has 0 fully saturated rings. The number of aromatic nitrogens is 2. The molecular formula is C24H44BrN3O. The Bertz CT molecular complexity index is 530. The van der Waals surface area contributed by atoms with Crippen LogP contribution in [0.5, 0.6) is 0 Å². The number of carbonyl (C=O) groups excluding carboxylic acids is 1. The topological polar surface area (TPSA) is 46.9 Å². The van der Waals surface area contributed by atoms with Gasteiger partial charge in [0, 0.05) is 19.3 Å². The van der Waals surface area contributed by atoms with Gasteiger partial charge in [-0.1, -0.05) is 103 Å². The molecule has 4 nitrogen and oxygen atoms in total. The second-order valence-corrected chi connectivity index (χ2v) is 9.09. The van der Waals surface area contributed by atoms with E-state index in [1.807, 2.05) is 13.1 Å². The average Bonchev–Trinajstić information content (AvgIpc) is 3.11. The minimum absolute atomic E-state index is 0.0787. The van der Waals surface area contributed by atoms with Crippen LogP contribution in [0.15, 0.2) is 10.7 Å². The van der Waals surface area contributed by atoms with E-state index >= 15 is 0 Å². The van der Waals surface area contributed by atoms with Crippen molar-refractivity contribution in [1.82, 2.24) is 15.1 Å². The summed E-state index contributed by atoms with van der Waals surface area (Å²) in [5.74, 6) is -0.0787. The van der Waals surface area contributed by atoms with Gasteiger partial charge >= 0.3 is 0 Å². The summed E-state index contributed by atoms with van der Waals surface area (Å²) in [7, 11) is 0. The maximum Gasteiger partial charge on any atom is 0.272 e. The smallest absolute Gasteiger partial charge is 0.272 e. The molecule has 0 aromatic carbocycles. The summed E-state index contributed by atoms with van der Waals surface area (Å²) in [5, 5.41) is 7.26. The first-order valence-corrected chi connectivity index (χ1v) is 13.0. The lowest BCUT2D eigenvalue weighted by Crippen LogP contribution is -2.25. The highest BCUT2D eigenvalue weighted by Gasteiger charge is 2.13. The van der Waals surface area contributed by atoms with Gasteiger partial charge in [-0.05, 0) is 29.3 Å². The van der Waals surface area contributed by atoms with Crippen LogP contribution in [0.4, 0.5) is 0 Å². The number of aryl methyl sites for hydroxylation is 1. The van der Waals surface area contributed by atoms with Crippen LogP contribution in [0.1, 0.15) is 127 Å². The molecule has 0 aliphatic heterocycles. The lowest BCUT2D eigenvalue weighted by Gasteiger charge is -2.05. The van der Waals surface area contributed by atoms with E-state index in [1.165, 1.54) is 96.3 Å². The SMILES string of the molecule is CCCCCCCCCCCCCCCCCCNC(=O)c1nn(CC)cc1Br. The summed E-state index contributed by atoms with van der Waals surface area (Å²) in [4.78, 5) is 12.1. The second kappa shape index (κ2) is 18.0. The predicted molar refractivity (Wildman–Crippen MR) is 127 cm³/mol. The van der Waals surface area contributed by atoms with E-state index in [4.69, 9.17) is 0 Å². The van der Waals surface area contributed by atoms with Crippen LogP contribution in [0.2, 0.25) is 0 Å². The highest BCUT2D eigenvalue weighted by Crippen LogP contribution is 2.15. The third-order valence-electron chi connectivity index (χ3n) is 5.57. The number of nitrogens with one attached hydrogen (secondary N) is 1. The molecule has 168 valence electrons. The zero-order valence-electron chi connectivity index (χ0n) is 19.0. The molecule has 0 aliphatic carbocycles. The highest BCUT2D eigenvalue weighted by molar-refractivity contribution is 9.10. The van der Waals surface area contributed by atoms with Gasteiger partial charge < -0.3 is 5.32 Å². The minimum Gasteiger partial charge on any atom is -0.351 e. The molecule has 1 rings (SSSR count). The Morgan fingerprint density at radius 3 is 1.69 bits per heavy atom. The van der Waals surface area contributed by atoms with Gasteiger partial charge in [-0.25, -0.2) is 0 Å². The van der Waals surface area contributed by atoms with Gasteiger partial charge in [0.25, 0.3) is 5.91 Å². The van der Waals surface area contributed by atoms with Crippen molar-refractivity contribution in [2.75, 3.05) is 6.54 Å². The number of hydrogen-bond acceptors (Lipinski definition) is 2. The fraction of sp³-hybridized carbons (Fsp3) is 0.833. The molecule has 0 aliphatic rings. The summed E-state index contributed by atoms with van der Waals surface area (Å²) in [5.41, 5.74) is 0.489. The molecule has 0 radical (unpaired) electrons. The van der Waals surface area contributed by atoms with Gasteiger partial charge in [-0.3, -0.25) is 9.48 Å². The van der Waals surface area contributed by atoms with E-state index in [1.54, 1.807) is 4.68 Å². The van der Waals surface area contributed by atoms with Gasteiger partial charge in [0.15, 0.2) is 5.69 Å². The summed E-state index contributed by atoms with van der Waals surface area (Å²) in [6.45, 7) is 5.80. The number of amides is 1. The van der Waals surface area contributed by atoms with Crippen molar-refractivity contribution in [1.29, 1.82) is 0 Å². The van der Waals surface area contributed by atoms with Crippen LogP contribution in [0.25, 0.3) is 0 Å². The Hall–Kier alpha value is -0.840. The van der Waals surface area contributed by atoms with E-state index in [2.05, 4.69) is 33.3 Å². The Morgan fingerprint density at radius 2 is 1.28 bits per heavy atom. The van der Waals surface area contributed by atoms with Crippen molar-refractivity contribution in [3.05, 3.63) is 16.4 Å². The second-order valence-electron chi connectivity index (χ2n) is 8.24. The molecule has 5 heteroatoms. The molecule has 0 saturated heterocycles. The zero-order chi connectivity index (χ0) is 21.2. The molecule has 1 heterocycles. The maximum atomic E-state index is 12.1. The maximum absolute atomic E-state index is 12.1. The molecule has 1 aromatic rings. The van der Waals surface area contributed by atoms with Gasteiger partial charge in [0.05, 0.1) is 4.47 Å². The third kappa shape index (κ3) is 13.1. The quantitative estimate of drug-likeness (QED) is 0.211. The van der Waals surface area contributed by atoms with E-state index in [-0.39, 0.29) is 5.91 Å². The lowest BCUT2D eigenvalue weighted by molar-refractivity contribution is 0.0946. The summed E-state index contributed by atoms with van der Waals surface area (Å²) < 4.78 is 2.54. The van der Waals surface area contributed by atoms with E-state index in [0.29, 0.717) is 5.69 Å². The number of nitrogens with zero attached hydrogens (tertiary/aromatic N) is 2. The van der Waals surface area contributed by atoms with Gasteiger partial charge in [-0.2, -0.15) is 5.10 Å². The number of rotatable bonds is 19. The molecule has 1 N–H and O–H groups in total. The molecule has 0 atom stereocenters. The lowest BCUT2D eigenvalue weighted by atomic mass is 10.0. The Balaban J connectivity index is 1.83. The monoisotopic (exact) mass is 469 g/mol. The predicted octanol–water partition coefficient (Wildman–Crippen LogP) is 7.66. The van der Waals surface area contributed by atoms with Crippen molar-refractivity contribution >= 4 is 21.8 Å². The zero-order valence-corrected chi connectivity index (χ0v) is 20.6. The Labute approximate surface area is 187 Å². The van der Waals surface area contributed by atoms with Crippen molar-refractivity contribution in [2.24, 2.45) is 0 Å². The molecule has 0 spiro atoms. The van der Waals surface area contributed by atoms with Crippen LogP contribution in [-0.2, 0) is 6.54 Å². The van der Waals surface area contributed by atoms with Crippen LogP contribution in [-0.4, -0.2) is 22.2 Å². The molecular weight excluding hydrogens is 426 g/mol. The molecule has 29 heavy (non-hydrogen) atoms. The number of carbonyl (C=O) groups is 1. The molecule has 0 saturated carbocycles. The fourth-order valence-corrected chi connectivity index (χ4v) is 4.17. The first-order valence-electron chi connectivity index (χ1n) is 12.2. The van der Waals surface area contributed by atoms with Crippen molar-refractivity contribution in [3.63, 3.8) is 0 Å². The van der Waals surface area contributed by atoms with Crippen LogP contribution in [0, 0.1) is 0 Å². The highest BCUT2D eigenvalue weighted by atomic mass is 79.9. The van der Waals surface area contributed by atoms with Gasteiger partial charge in [0.1, 0.15) is 0 Å². The molecule has 0 unspecified atom stereocenters. The number of hydrogen-bond donors (Lipinski definition) is 1. The van der Waals surface area contributed by atoms with Crippen molar-refractivity contribution in [3.8, 4) is 0 Å². The standard InChI is InChI=1S/C24H44BrN3O/c1-3-5-6-7-8-9-10-11-12-13-14-15-16-17-18-19-20-26-24(29)23-22(25)21-28(4-2)27-23/h21H,3-20H2,1-2H3,(H,26,29).